The van der Waals surface area contributed by atoms with E-state index in [0.717, 1.165) is 25.9 Å². The summed E-state index contributed by atoms with van der Waals surface area (Å²) in [5.41, 5.74) is 0. The van der Waals surface area contributed by atoms with Gasteiger partial charge < -0.3 is 14.2 Å². The van der Waals surface area contributed by atoms with E-state index in [1.54, 1.807) is 6.92 Å². The highest BCUT2D eigenvalue weighted by atomic mass is 16.7. The standard InChI is InChI=1S/C11H20O4/c1-3-13-10(12)8-9(2)15-11-6-4-5-7-14-11/h9,11H,3-8H2,1-2H3. The van der Waals surface area contributed by atoms with E-state index in [1.807, 2.05) is 6.92 Å². The zero-order chi connectivity index (χ0) is 11.1. The van der Waals surface area contributed by atoms with E-state index in [9.17, 15) is 4.79 Å². The Bertz CT molecular complexity index is 187. The normalized spacial score (nSPS) is 23.5. The summed E-state index contributed by atoms with van der Waals surface area (Å²) in [6.07, 6.45) is 3.19. The van der Waals surface area contributed by atoms with Gasteiger partial charge in [0.25, 0.3) is 0 Å². The molecule has 0 bridgehead atoms. The van der Waals surface area contributed by atoms with Crippen LogP contribution in [0.4, 0.5) is 0 Å². The van der Waals surface area contributed by atoms with Crippen molar-refractivity contribution in [2.45, 2.75) is 51.9 Å². The summed E-state index contributed by atoms with van der Waals surface area (Å²) in [6.45, 7) is 4.85. The molecule has 0 aromatic rings. The molecule has 2 atom stereocenters. The Kier molecular flexibility index (Phi) is 5.65. The highest BCUT2D eigenvalue weighted by Crippen LogP contribution is 2.16. The number of ether oxygens (including phenoxy) is 3. The smallest absolute Gasteiger partial charge is 0.308 e. The van der Waals surface area contributed by atoms with Crippen LogP contribution in [-0.4, -0.2) is 31.6 Å². The van der Waals surface area contributed by atoms with E-state index >= 15 is 0 Å². The van der Waals surface area contributed by atoms with Crippen molar-refractivity contribution in [2.75, 3.05) is 13.2 Å². The fraction of sp³-hybridized carbons (Fsp3) is 0.909. The number of esters is 1. The van der Waals surface area contributed by atoms with Gasteiger partial charge >= 0.3 is 5.97 Å². The number of hydrogen-bond donors (Lipinski definition) is 0. The molecule has 0 amide bonds. The third-order valence-corrected chi connectivity index (χ3v) is 2.28. The quantitative estimate of drug-likeness (QED) is 0.658. The molecule has 0 aromatic heterocycles. The van der Waals surface area contributed by atoms with E-state index in [2.05, 4.69) is 0 Å². The highest BCUT2D eigenvalue weighted by Gasteiger charge is 2.19. The molecule has 1 rings (SSSR count). The maximum Gasteiger partial charge on any atom is 0.308 e. The average Bonchev–Trinajstić information content (AvgIpc) is 2.19. The number of rotatable bonds is 5. The van der Waals surface area contributed by atoms with Gasteiger partial charge in [0.2, 0.25) is 0 Å². The third-order valence-electron chi connectivity index (χ3n) is 2.28. The van der Waals surface area contributed by atoms with Crippen LogP contribution < -0.4 is 0 Å². The van der Waals surface area contributed by atoms with Crippen LogP contribution in [0.1, 0.15) is 39.5 Å². The van der Waals surface area contributed by atoms with E-state index in [0.29, 0.717) is 13.0 Å². The van der Waals surface area contributed by atoms with Crippen molar-refractivity contribution in [3.8, 4) is 0 Å². The van der Waals surface area contributed by atoms with Gasteiger partial charge in [0, 0.05) is 6.61 Å². The summed E-state index contributed by atoms with van der Waals surface area (Å²) < 4.78 is 15.8. The first-order chi connectivity index (χ1) is 7.22. The molecule has 0 aliphatic carbocycles. The molecule has 0 spiro atoms. The molecular formula is C11H20O4. The van der Waals surface area contributed by atoms with Gasteiger partial charge in [-0.25, -0.2) is 0 Å². The predicted octanol–water partition coefficient (Wildman–Crippen LogP) is 1.87. The van der Waals surface area contributed by atoms with Crippen LogP contribution in [-0.2, 0) is 19.0 Å². The topological polar surface area (TPSA) is 44.8 Å². The van der Waals surface area contributed by atoms with Gasteiger partial charge in [-0.15, -0.1) is 0 Å². The minimum atomic E-state index is -0.208. The summed E-state index contributed by atoms with van der Waals surface area (Å²) >= 11 is 0. The lowest BCUT2D eigenvalue weighted by Crippen LogP contribution is -2.28. The molecule has 1 saturated heterocycles. The Morgan fingerprint density at radius 3 is 2.93 bits per heavy atom. The van der Waals surface area contributed by atoms with Crippen molar-refractivity contribution in [3.05, 3.63) is 0 Å². The molecule has 1 heterocycles. The number of carbonyl (C=O) groups excluding carboxylic acids is 1. The van der Waals surface area contributed by atoms with Crippen molar-refractivity contribution in [1.82, 2.24) is 0 Å². The molecule has 0 saturated carbocycles. The van der Waals surface area contributed by atoms with Crippen LogP contribution in [0.5, 0.6) is 0 Å². The number of carbonyl (C=O) groups is 1. The Hall–Kier alpha value is -0.610. The Balaban J connectivity index is 2.16. The van der Waals surface area contributed by atoms with Crippen molar-refractivity contribution < 1.29 is 19.0 Å². The lowest BCUT2D eigenvalue weighted by molar-refractivity contribution is -0.189. The fourth-order valence-electron chi connectivity index (χ4n) is 1.58. The monoisotopic (exact) mass is 216 g/mol. The van der Waals surface area contributed by atoms with E-state index < -0.39 is 0 Å². The van der Waals surface area contributed by atoms with Crippen LogP contribution >= 0.6 is 0 Å². The SMILES string of the molecule is CCOC(=O)CC(C)OC1CCCCO1. The molecule has 88 valence electrons. The Morgan fingerprint density at radius 1 is 1.53 bits per heavy atom. The number of hydrogen-bond acceptors (Lipinski definition) is 4. The first kappa shape index (κ1) is 12.5. The summed E-state index contributed by atoms with van der Waals surface area (Å²) in [7, 11) is 0. The minimum absolute atomic E-state index is 0.132. The predicted molar refractivity (Wildman–Crippen MR) is 55.4 cm³/mol. The summed E-state index contributed by atoms with van der Waals surface area (Å²) in [5.74, 6) is -0.208. The van der Waals surface area contributed by atoms with Crippen LogP contribution in [0.3, 0.4) is 0 Å². The fourth-order valence-corrected chi connectivity index (χ4v) is 1.58. The van der Waals surface area contributed by atoms with Crippen LogP contribution in [0.25, 0.3) is 0 Å². The molecule has 0 radical (unpaired) electrons. The van der Waals surface area contributed by atoms with Gasteiger partial charge in [-0.2, -0.15) is 0 Å². The third kappa shape index (κ3) is 5.14. The maximum atomic E-state index is 11.2. The largest absolute Gasteiger partial charge is 0.466 e. The molecule has 0 aromatic carbocycles. The molecule has 4 heteroatoms. The van der Waals surface area contributed by atoms with Gasteiger partial charge in [0.05, 0.1) is 19.1 Å². The summed E-state index contributed by atoms with van der Waals surface area (Å²) in [4.78, 5) is 11.2. The second-order valence-corrected chi connectivity index (χ2v) is 3.75. The van der Waals surface area contributed by atoms with Crippen molar-refractivity contribution in [3.63, 3.8) is 0 Å². The van der Waals surface area contributed by atoms with Crippen molar-refractivity contribution in [1.29, 1.82) is 0 Å². The highest BCUT2D eigenvalue weighted by molar-refractivity contribution is 5.69. The van der Waals surface area contributed by atoms with Gasteiger partial charge in [0.1, 0.15) is 0 Å². The molecule has 1 fully saturated rings. The Labute approximate surface area is 90.9 Å². The zero-order valence-electron chi connectivity index (χ0n) is 9.53. The van der Waals surface area contributed by atoms with Crippen molar-refractivity contribution in [2.24, 2.45) is 0 Å². The lowest BCUT2D eigenvalue weighted by Gasteiger charge is -2.25. The van der Waals surface area contributed by atoms with Crippen molar-refractivity contribution >= 4 is 5.97 Å². The molecular weight excluding hydrogens is 196 g/mol. The molecule has 0 N–H and O–H groups in total. The summed E-state index contributed by atoms with van der Waals surface area (Å²) in [6, 6.07) is 0. The van der Waals surface area contributed by atoms with Gasteiger partial charge in [-0.05, 0) is 33.1 Å². The molecule has 2 unspecified atom stereocenters. The minimum Gasteiger partial charge on any atom is -0.466 e. The first-order valence-corrected chi connectivity index (χ1v) is 5.65. The van der Waals surface area contributed by atoms with Gasteiger partial charge in [0.15, 0.2) is 6.29 Å². The summed E-state index contributed by atoms with van der Waals surface area (Å²) in [5, 5.41) is 0. The molecule has 15 heavy (non-hydrogen) atoms. The maximum absolute atomic E-state index is 11.2. The van der Waals surface area contributed by atoms with E-state index in [4.69, 9.17) is 14.2 Å². The van der Waals surface area contributed by atoms with Crippen LogP contribution in [0, 0.1) is 0 Å². The molecule has 1 aliphatic rings. The van der Waals surface area contributed by atoms with Crippen LogP contribution in [0.15, 0.2) is 0 Å². The van der Waals surface area contributed by atoms with E-state index in [1.165, 1.54) is 0 Å². The molecule has 4 nitrogen and oxygen atoms in total. The zero-order valence-corrected chi connectivity index (χ0v) is 9.53. The van der Waals surface area contributed by atoms with Gasteiger partial charge in [-0.1, -0.05) is 0 Å². The Morgan fingerprint density at radius 2 is 2.33 bits per heavy atom. The average molecular weight is 216 g/mol. The van der Waals surface area contributed by atoms with Crippen LogP contribution in [0.2, 0.25) is 0 Å². The second kappa shape index (κ2) is 6.80. The van der Waals surface area contributed by atoms with Gasteiger partial charge in [-0.3, -0.25) is 4.79 Å². The first-order valence-electron chi connectivity index (χ1n) is 5.65. The second-order valence-electron chi connectivity index (χ2n) is 3.75. The molecule has 1 aliphatic heterocycles. The van der Waals surface area contributed by atoms with E-state index in [-0.39, 0.29) is 18.4 Å². The lowest BCUT2D eigenvalue weighted by atomic mass is 10.2.